The number of hydrogen-bond donors (Lipinski definition) is 1. The molecule has 1 N–H and O–H groups in total. The number of aromatic amines is 1. The van der Waals surface area contributed by atoms with Crippen molar-refractivity contribution in [3.63, 3.8) is 0 Å². The minimum Gasteiger partial charge on any atom is -0.464 e. The Labute approximate surface area is 78.2 Å². The fourth-order valence-electron chi connectivity index (χ4n) is 0.996. The SMILES string of the molecule is O=c1[nH]nc(Cl)cc1-c1ccco1. The van der Waals surface area contributed by atoms with Crippen molar-refractivity contribution in [3.8, 4) is 11.3 Å². The minimum atomic E-state index is -0.320. The summed E-state index contributed by atoms with van der Waals surface area (Å²) in [5.41, 5.74) is 0.0596. The summed E-state index contributed by atoms with van der Waals surface area (Å²) in [5, 5.41) is 6.02. The van der Waals surface area contributed by atoms with E-state index in [9.17, 15) is 4.79 Å². The van der Waals surface area contributed by atoms with Crippen molar-refractivity contribution >= 4 is 11.6 Å². The fraction of sp³-hybridized carbons (Fsp3) is 0. The summed E-state index contributed by atoms with van der Waals surface area (Å²) in [6, 6.07) is 4.84. The minimum absolute atomic E-state index is 0.228. The van der Waals surface area contributed by atoms with Crippen molar-refractivity contribution < 1.29 is 4.42 Å². The number of aromatic nitrogens is 2. The first kappa shape index (κ1) is 8.07. The molecule has 0 aliphatic rings. The third kappa shape index (κ3) is 1.48. The smallest absolute Gasteiger partial charge is 0.275 e. The summed E-state index contributed by atoms with van der Waals surface area (Å²) in [6.07, 6.45) is 1.49. The molecule has 5 heteroatoms. The van der Waals surface area contributed by atoms with E-state index < -0.39 is 0 Å². The number of nitrogens with zero attached hydrogens (tertiary/aromatic N) is 1. The molecule has 4 nitrogen and oxygen atoms in total. The summed E-state index contributed by atoms with van der Waals surface area (Å²) in [4.78, 5) is 11.2. The van der Waals surface area contributed by atoms with Crippen LogP contribution in [0.15, 0.2) is 33.7 Å². The maximum atomic E-state index is 11.2. The van der Waals surface area contributed by atoms with Crippen LogP contribution in [0, 0.1) is 0 Å². The van der Waals surface area contributed by atoms with Crippen LogP contribution in [-0.4, -0.2) is 10.2 Å². The summed E-state index contributed by atoms with van der Waals surface area (Å²) in [5.74, 6) is 0.477. The zero-order chi connectivity index (χ0) is 9.26. The Morgan fingerprint density at radius 1 is 1.54 bits per heavy atom. The molecule has 0 aromatic carbocycles. The van der Waals surface area contributed by atoms with Crippen LogP contribution in [0.4, 0.5) is 0 Å². The van der Waals surface area contributed by atoms with Gasteiger partial charge in [-0.15, -0.1) is 0 Å². The van der Waals surface area contributed by atoms with Gasteiger partial charge in [0, 0.05) is 0 Å². The van der Waals surface area contributed by atoms with E-state index >= 15 is 0 Å². The maximum Gasteiger partial charge on any atom is 0.275 e. The number of H-pyrrole nitrogens is 1. The Hall–Kier alpha value is -1.55. The molecular weight excluding hydrogens is 192 g/mol. The first-order valence-electron chi connectivity index (χ1n) is 3.56. The van der Waals surface area contributed by atoms with Gasteiger partial charge in [0.2, 0.25) is 0 Å². The van der Waals surface area contributed by atoms with Crippen LogP contribution in [0.5, 0.6) is 0 Å². The second-order valence-electron chi connectivity index (χ2n) is 2.41. The molecule has 2 heterocycles. The van der Waals surface area contributed by atoms with Crippen molar-refractivity contribution in [2.45, 2.75) is 0 Å². The van der Waals surface area contributed by atoms with Crippen LogP contribution >= 0.6 is 11.6 Å². The zero-order valence-electron chi connectivity index (χ0n) is 6.45. The average molecular weight is 197 g/mol. The van der Waals surface area contributed by atoms with Gasteiger partial charge in [-0.25, -0.2) is 5.10 Å². The molecule has 0 amide bonds. The summed E-state index contributed by atoms with van der Waals surface area (Å²) in [6.45, 7) is 0. The number of rotatable bonds is 1. The molecular formula is C8H5ClN2O2. The van der Waals surface area contributed by atoms with Gasteiger partial charge in [-0.1, -0.05) is 11.6 Å². The van der Waals surface area contributed by atoms with Gasteiger partial charge in [-0.3, -0.25) is 4.79 Å². The lowest BCUT2D eigenvalue weighted by Gasteiger charge is -1.94. The van der Waals surface area contributed by atoms with Gasteiger partial charge >= 0.3 is 0 Å². The summed E-state index contributed by atoms with van der Waals surface area (Å²) >= 11 is 5.61. The lowest BCUT2D eigenvalue weighted by molar-refractivity contribution is 0.581. The van der Waals surface area contributed by atoms with Crippen LogP contribution in [0.3, 0.4) is 0 Å². The zero-order valence-corrected chi connectivity index (χ0v) is 7.21. The van der Waals surface area contributed by atoms with Gasteiger partial charge < -0.3 is 4.42 Å². The predicted molar refractivity (Wildman–Crippen MR) is 47.6 cm³/mol. The standard InChI is InChI=1S/C8H5ClN2O2/c9-7-4-5(8(12)11-10-7)6-2-1-3-13-6/h1-4H,(H,11,12). The molecule has 0 atom stereocenters. The Kier molecular flexibility index (Phi) is 1.90. The van der Waals surface area contributed by atoms with Crippen LogP contribution in [0.2, 0.25) is 5.15 Å². The molecule has 0 unspecified atom stereocenters. The van der Waals surface area contributed by atoms with E-state index in [0.29, 0.717) is 11.3 Å². The first-order chi connectivity index (χ1) is 6.27. The monoisotopic (exact) mass is 196 g/mol. The molecule has 0 fully saturated rings. The Morgan fingerprint density at radius 3 is 3.08 bits per heavy atom. The lowest BCUT2D eigenvalue weighted by atomic mass is 10.2. The highest BCUT2D eigenvalue weighted by atomic mass is 35.5. The second kappa shape index (κ2) is 3.06. The quantitative estimate of drug-likeness (QED) is 0.755. The highest BCUT2D eigenvalue weighted by molar-refractivity contribution is 6.29. The molecule has 0 saturated carbocycles. The maximum absolute atomic E-state index is 11.2. The molecule has 0 bridgehead atoms. The van der Waals surface area contributed by atoms with Crippen LogP contribution in [0.1, 0.15) is 0 Å². The number of furan rings is 1. The molecule has 0 spiro atoms. The third-order valence-corrected chi connectivity index (χ3v) is 1.75. The first-order valence-corrected chi connectivity index (χ1v) is 3.94. The average Bonchev–Trinajstić information content (AvgIpc) is 2.61. The molecule has 0 aliphatic carbocycles. The molecule has 0 radical (unpaired) electrons. The van der Waals surface area contributed by atoms with Gasteiger partial charge in [0.1, 0.15) is 10.9 Å². The molecule has 0 aliphatic heterocycles. The number of halogens is 1. The van der Waals surface area contributed by atoms with Gasteiger partial charge in [0.05, 0.1) is 11.8 Å². The molecule has 2 rings (SSSR count). The van der Waals surface area contributed by atoms with Gasteiger partial charge in [-0.2, -0.15) is 5.10 Å². The number of nitrogens with one attached hydrogen (secondary N) is 1. The van der Waals surface area contributed by atoms with Gasteiger partial charge in [-0.05, 0) is 18.2 Å². The van der Waals surface area contributed by atoms with E-state index in [4.69, 9.17) is 16.0 Å². The van der Waals surface area contributed by atoms with Crippen molar-refractivity contribution in [2.24, 2.45) is 0 Å². The molecule has 13 heavy (non-hydrogen) atoms. The lowest BCUT2D eigenvalue weighted by Crippen LogP contribution is -2.09. The molecule has 0 saturated heterocycles. The summed E-state index contributed by atoms with van der Waals surface area (Å²) < 4.78 is 5.05. The molecule has 66 valence electrons. The van der Waals surface area contributed by atoms with Crippen LogP contribution in [-0.2, 0) is 0 Å². The van der Waals surface area contributed by atoms with Crippen molar-refractivity contribution in [1.29, 1.82) is 0 Å². The second-order valence-corrected chi connectivity index (χ2v) is 2.80. The molecule has 2 aromatic heterocycles. The highest BCUT2D eigenvalue weighted by Gasteiger charge is 2.06. The number of hydrogen-bond acceptors (Lipinski definition) is 3. The van der Waals surface area contributed by atoms with Crippen LogP contribution < -0.4 is 5.56 Å². The topological polar surface area (TPSA) is 58.9 Å². The fourth-order valence-corrected chi connectivity index (χ4v) is 1.15. The summed E-state index contributed by atoms with van der Waals surface area (Å²) in [7, 11) is 0. The van der Waals surface area contributed by atoms with E-state index in [1.165, 1.54) is 12.3 Å². The van der Waals surface area contributed by atoms with Crippen molar-refractivity contribution in [3.05, 3.63) is 40.0 Å². The Morgan fingerprint density at radius 2 is 2.38 bits per heavy atom. The van der Waals surface area contributed by atoms with E-state index in [-0.39, 0.29) is 10.7 Å². The van der Waals surface area contributed by atoms with Gasteiger partial charge in [0.15, 0.2) is 0 Å². The largest absolute Gasteiger partial charge is 0.464 e. The third-order valence-electron chi connectivity index (χ3n) is 1.56. The predicted octanol–water partition coefficient (Wildman–Crippen LogP) is 1.68. The van der Waals surface area contributed by atoms with Crippen LogP contribution in [0.25, 0.3) is 11.3 Å². The van der Waals surface area contributed by atoms with Crippen molar-refractivity contribution in [1.82, 2.24) is 10.2 Å². The van der Waals surface area contributed by atoms with E-state index in [0.717, 1.165) is 0 Å². The Balaban J connectivity index is 2.64. The van der Waals surface area contributed by atoms with Gasteiger partial charge in [0.25, 0.3) is 5.56 Å². The normalized spacial score (nSPS) is 10.2. The van der Waals surface area contributed by atoms with E-state index in [1.807, 2.05) is 0 Å². The Bertz CT molecular complexity index is 461. The molecule has 2 aromatic rings. The highest BCUT2D eigenvalue weighted by Crippen LogP contribution is 2.16. The van der Waals surface area contributed by atoms with E-state index in [2.05, 4.69) is 10.2 Å². The van der Waals surface area contributed by atoms with E-state index in [1.54, 1.807) is 12.1 Å². The van der Waals surface area contributed by atoms with Crippen molar-refractivity contribution in [2.75, 3.05) is 0 Å².